The number of nitrogens with zero attached hydrogens (tertiary/aromatic N) is 1. The summed E-state index contributed by atoms with van der Waals surface area (Å²) in [6, 6.07) is 14.2. The van der Waals surface area contributed by atoms with Crippen LogP contribution in [-0.4, -0.2) is 38.3 Å². The molecule has 6 nitrogen and oxygen atoms in total. The number of hydrogen-bond acceptors (Lipinski definition) is 4. The van der Waals surface area contributed by atoms with Crippen molar-refractivity contribution in [2.75, 3.05) is 18.9 Å². The molecule has 146 valence electrons. The lowest BCUT2D eigenvalue weighted by molar-refractivity contribution is -0.119. The SMILES string of the molecule is Cc1ccccc1CNC(=O)CNc1ccc(S(=O)(=O)N(C)C(C)C)cc1. The first-order chi connectivity index (χ1) is 12.7. The topological polar surface area (TPSA) is 78.5 Å². The first-order valence-corrected chi connectivity index (χ1v) is 10.3. The molecule has 2 N–H and O–H groups in total. The van der Waals surface area contributed by atoms with Crippen LogP contribution in [0.15, 0.2) is 53.4 Å². The Labute approximate surface area is 161 Å². The first kappa shape index (κ1) is 20.9. The minimum absolute atomic E-state index is 0.115. The van der Waals surface area contributed by atoms with Gasteiger partial charge in [-0.3, -0.25) is 4.79 Å². The zero-order chi connectivity index (χ0) is 20.0. The average molecular weight is 390 g/mol. The first-order valence-electron chi connectivity index (χ1n) is 8.85. The Morgan fingerprint density at radius 3 is 2.30 bits per heavy atom. The lowest BCUT2D eigenvalue weighted by Gasteiger charge is -2.21. The largest absolute Gasteiger partial charge is 0.376 e. The fourth-order valence-corrected chi connectivity index (χ4v) is 3.80. The molecule has 7 heteroatoms. The van der Waals surface area contributed by atoms with E-state index in [4.69, 9.17) is 0 Å². The third-order valence-electron chi connectivity index (χ3n) is 4.45. The van der Waals surface area contributed by atoms with Crippen LogP contribution in [-0.2, 0) is 21.4 Å². The molecule has 0 atom stereocenters. The number of anilines is 1. The molecule has 0 radical (unpaired) electrons. The zero-order valence-electron chi connectivity index (χ0n) is 16.2. The molecule has 0 heterocycles. The summed E-state index contributed by atoms with van der Waals surface area (Å²) >= 11 is 0. The summed E-state index contributed by atoms with van der Waals surface area (Å²) in [6.45, 7) is 6.24. The number of amides is 1. The summed E-state index contributed by atoms with van der Waals surface area (Å²) in [5.74, 6) is -0.130. The van der Waals surface area contributed by atoms with Crippen LogP contribution >= 0.6 is 0 Å². The highest BCUT2D eigenvalue weighted by Crippen LogP contribution is 2.18. The molecule has 1 amide bonds. The Kier molecular flexibility index (Phi) is 6.98. The number of hydrogen-bond donors (Lipinski definition) is 2. The second-order valence-corrected chi connectivity index (χ2v) is 8.69. The molecule has 0 aliphatic carbocycles. The van der Waals surface area contributed by atoms with Gasteiger partial charge in [-0.05, 0) is 56.2 Å². The molecule has 2 rings (SSSR count). The van der Waals surface area contributed by atoms with Gasteiger partial charge in [-0.25, -0.2) is 8.42 Å². The molecular formula is C20H27N3O3S. The predicted molar refractivity (Wildman–Crippen MR) is 108 cm³/mol. The number of aryl methyl sites for hydroxylation is 1. The molecule has 0 spiro atoms. The van der Waals surface area contributed by atoms with E-state index in [1.807, 2.05) is 45.0 Å². The van der Waals surface area contributed by atoms with Gasteiger partial charge in [0.05, 0.1) is 11.4 Å². The third-order valence-corrected chi connectivity index (χ3v) is 6.50. The highest BCUT2D eigenvalue weighted by atomic mass is 32.2. The monoisotopic (exact) mass is 389 g/mol. The minimum Gasteiger partial charge on any atom is -0.376 e. The fraction of sp³-hybridized carbons (Fsp3) is 0.350. The molecule has 0 fully saturated rings. The van der Waals surface area contributed by atoms with Crippen LogP contribution in [0.1, 0.15) is 25.0 Å². The van der Waals surface area contributed by atoms with E-state index in [2.05, 4.69) is 10.6 Å². The van der Waals surface area contributed by atoms with Gasteiger partial charge >= 0.3 is 0 Å². The summed E-state index contributed by atoms with van der Waals surface area (Å²) in [7, 11) is -1.94. The van der Waals surface area contributed by atoms with Crippen LogP contribution in [0.5, 0.6) is 0 Å². The van der Waals surface area contributed by atoms with Gasteiger partial charge in [-0.15, -0.1) is 0 Å². The summed E-state index contributed by atoms with van der Waals surface area (Å²) in [6.07, 6.45) is 0. The smallest absolute Gasteiger partial charge is 0.243 e. The van der Waals surface area contributed by atoms with Crippen LogP contribution in [0, 0.1) is 6.92 Å². The molecule has 0 saturated carbocycles. The number of sulfonamides is 1. The number of benzene rings is 2. The summed E-state index contributed by atoms with van der Waals surface area (Å²) in [5, 5.41) is 5.87. The molecule has 0 unspecified atom stereocenters. The van der Waals surface area contributed by atoms with Gasteiger partial charge < -0.3 is 10.6 Å². The Balaban J connectivity index is 1.89. The Bertz CT molecular complexity index is 878. The number of carbonyl (C=O) groups is 1. The van der Waals surface area contributed by atoms with Gasteiger partial charge in [0.25, 0.3) is 0 Å². The second kappa shape index (κ2) is 9.01. The number of rotatable bonds is 8. The molecule has 0 aromatic heterocycles. The second-order valence-electron chi connectivity index (χ2n) is 6.70. The molecule has 0 saturated heterocycles. The van der Waals surface area contributed by atoms with Crippen molar-refractivity contribution in [3.63, 3.8) is 0 Å². The molecule has 0 aliphatic heterocycles. The lowest BCUT2D eigenvalue weighted by atomic mass is 10.1. The van der Waals surface area contributed by atoms with Crippen molar-refractivity contribution in [1.82, 2.24) is 9.62 Å². The van der Waals surface area contributed by atoms with E-state index in [0.717, 1.165) is 11.1 Å². The molecule has 0 aliphatic rings. The van der Waals surface area contributed by atoms with Crippen molar-refractivity contribution >= 4 is 21.6 Å². The summed E-state index contributed by atoms with van der Waals surface area (Å²) in [4.78, 5) is 12.2. The summed E-state index contributed by atoms with van der Waals surface area (Å²) in [5.41, 5.74) is 2.90. The molecular weight excluding hydrogens is 362 g/mol. The maximum absolute atomic E-state index is 12.4. The lowest BCUT2D eigenvalue weighted by Crippen LogP contribution is -2.33. The number of nitrogens with one attached hydrogen (secondary N) is 2. The fourth-order valence-electron chi connectivity index (χ4n) is 2.44. The maximum atomic E-state index is 12.4. The minimum atomic E-state index is -3.50. The Hall–Kier alpha value is -2.38. The van der Waals surface area contributed by atoms with E-state index >= 15 is 0 Å². The predicted octanol–water partition coefficient (Wildman–Crippen LogP) is 2.75. The van der Waals surface area contributed by atoms with Crippen molar-refractivity contribution < 1.29 is 13.2 Å². The van der Waals surface area contributed by atoms with E-state index in [0.29, 0.717) is 12.2 Å². The standard InChI is InChI=1S/C20H27N3O3S/c1-15(2)23(4)27(25,26)19-11-9-18(10-12-19)21-14-20(24)22-13-17-8-6-5-7-16(17)3/h5-12,15,21H,13-14H2,1-4H3,(H,22,24). The van der Waals surface area contributed by atoms with Crippen molar-refractivity contribution in [1.29, 1.82) is 0 Å². The van der Waals surface area contributed by atoms with E-state index < -0.39 is 10.0 Å². The van der Waals surface area contributed by atoms with Crippen molar-refractivity contribution in [2.45, 2.75) is 38.3 Å². The van der Waals surface area contributed by atoms with E-state index in [9.17, 15) is 13.2 Å². The van der Waals surface area contributed by atoms with Crippen LogP contribution in [0.25, 0.3) is 0 Å². The van der Waals surface area contributed by atoms with Crippen LogP contribution in [0.4, 0.5) is 5.69 Å². The molecule has 2 aromatic carbocycles. The van der Waals surface area contributed by atoms with E-state index in [1.165, 1.54) is 4.31 Å². The van der Waals surface area contributed by atoms with Crippen LogP contribution in [0.2, 0.25) is 0 Å². The van der Waals surface area contributed by atoms with Gasteiger partial charge in [-0.2, -0.15) is 4.31 Å². The van der Waals surface area contributed by atoms with Gasteiger partial charge in [-0.1, -0.05) is 24.3 Å². The normalized spacial score (nSPS) is 11.6. The van der Waals surface area contributed by atoms with Crippen LogP contribution in [0.3, 0.4) is 0 Å². The van der Waals surface area contributed by atoms with Gasteiger partial charge in [0, 0.05) is 25.3 Å². The molecule has 2 aromatic rings. The van der Waals surface area contributed by atoms with Crippen molar-refractivity contribution in [3.8, 4) is 0 Å². The van der Waals surface area contributed by atoms with Gasteiger partial charge in [0.15, 0.2) is 0 Å². The van der Waals surface area contributed by atoms with Crippen molar-refractivity contribution in [2.24, 2.45) is 0 Å². The number of carbonyl (C=O) groups excluding carboxylic acids is 1. The highest BCUT2D eigenvalue weighted by Gasteiger charge is 2.22. The van der Waals surface area contributed by atoms with Crippen molar-refractivity contribution in [3.05, 3.63) is 59.7 Å². The van der Waals surface area contributed by atoms with E-state index in [1.54, 1.807) is 31.3 Å². The van der Waals surface area contributed by atoms with E-state index in [-0.39, 0.29) is 23.4 Å². The maximum Gasteiger partial charge on any atom is 0.243 e. The third kappa shape index (κ3) is 5.55. The zero-order valence-corrected chi connectivity index (χ0v) is 17.0. The summed E-state index contributed by atoms with van der Waals surface area (Å²) < 4.78 is 26.2. The average Bonchev–Trinajstić information content (AvgIpc) is 2.65. The Morgan fingerprint density at radius 1 is 1.07 bits per heavy atom. The van der Waals surface area contributed by atoms with Gasteiger partial charge in [0.1, 0.15) is 0 Å². The molecule has 27 heavy (non-hydrogen) atoms. The van der Waals surface area contributed by atoms with Gasteiger partial charge in [0.2, 0.25) is 15.9 Å². The quantitative estimate of drug-likeness (QED) is 0.728. The Morgan fingerprint density at radius 2 is 1.70 bits per heavy atom. The van der Waals surface area contributed by atoms with Crippen LogP contribution < -0.4 is 10.6 Å². The molecule has 0 bridgehead atoms. The highest BCUT2D eigenvalue weighted by molar-refractivity contribution is 7.89.